The van der Waals surface area contributed by atoms with Crippen LogP contribution in [0.15, 0.2) is 76.9 Å². The van der Waals surface area contributed by atoms with Crippen LogP contribution >= 0.6 is 15.9 Å². The molecule has 0 bridgehead atoms. The number of nitrogens with zero attached hydrogens (tertiary/aromatic N) is 1. The molecule has 1 heterocycles. The number of carbonyl (C=O) groups excluding carboxylic acids is 1. The smallest absolute Gasteiger partial charge is 0.335 e. The van der Waals surface area contributed by atoms with Crippen LogP contribution in [0.4, 0.5) is 0 Å². The molecule has 0 aliphatic rings. The molecule has 0 aliphatic heterocycles. The van der Waals surface area contributed by atoms with Crippen molar-refractivity contribution < 1.29 is 24.2 Å². The van der Waals surface area contributed by atoms with Gasteiger partial charge in [0.15, 0.2) is 11.5 Å². The molecule has 0 saturated carbocycles. The van der Waals surface area contributed by atoms with Crippen LogP contribution in [-0.4, -0.2) is 35.6 Å². The number of aromatic carboxylic acids is 1. The molecule has 4 rings (SSSR count). The van der Waals surface area contributed by atoms with E-state index in [2.05, 4.69) is 26.2 Å². The summed E-state index contributed by atoms with van der Waals surface area (Å²) in [5.41, 5.74) is 3.64. The lowest BCUT2D eigenvalue weighted by Gasteiger charge is -2.14. The number of H-pyrrole nitrogens is 1. The lowest BCUT2D eigenvalue weighted by Crippen LogP contribution is -2.26. The van der Waals surface area contributed by atoms with Gasteiger partial charge in [-0.3, -0.25) is 4.79 Å². The van der Waals surface area contributed by atoms with Gasteiger partial charge >= 0.3 is 5.97 Å². The van der Waals surface area contributed by atoms with Crippen molar-refractivity contribution in [1.29, 1.82) is 5.26 Å². The van der Waals surface area contributed by atoms with Crippen molar-refractivity contribution in [3.63, 3.8) is 0 Å². The molecule has 0 saturated heterocycles. The molecule has 4 aromatic rings. The third kappa shape index (κ3) is 6.22. The number of fused-ring (bicyclic) bond motifs is 1. The molecule has 0 fully saturated rings. The maximum atomic E-state index is 12.7. The van der Waals surface area contributed by atoms with Crippen LogP contribution in [-0.2, 0) is 17.8 Å². The van der Waals surface area contributed by atoms with Crippen LogP contribution in [0.5, 0.6) is 11.5 Å². The van der Waals surface area contributed by atoms with Crippen molar-refractivity contribution >= 4 is 44.8 Å². The largest absolute Gasteiger partial charge is 0.493 e. The Bertz CT molecular complexity index is 1550. The minimum absolute atomic E-state index is 0.0370. The Labute approximate surface area is 227 Å². The quantitative estimate of drug-likeness (QED) is 0.170. The van der Waals surface area contributed by atoms with Crippen LogP contribution < -0.4 is 14.8 Å². The fourth-order valence-corrected chi connectivity index (χ4v) is 4.50. The van der Waals surface area contributed by atoms with E-state index in [1.165, 1.54) is 25.3 Å². The number of carboxylic acid groups (broad SMARTS) is 1. The lowest BCUT2D eigenvalue weighted by atomic mass is 10.1. The predicted octanol–water partition coefficient (Wildman–Crippen LogP) is 5.48. The highest BCUT2D eigenvalue weighted by molar-refractivity contribution is 9.10. The summed E-state index contributed by atoms with van der Waals surface area (Å²) in [7, 11) is 1.49. The number of methoxy groups -OCH3 is 1. The number of para-hydroxylation sites is 1. The number of benzene rings is 3. The van der Waals surface area contributed by atoms with Gasteiger partial charge in [-0.25, -0.2) is 4.79 Å². The summed E-state index contributed by atoms with van der Waals surface area (Å²) in [6.07, 6.45) is 4.04. The average Bonchev–Trinajstić information content (AvgIpc) is 3.34. The Morgan fingerprint density at radius 3 is 2.63 bits per heavy atom. The Morgan fingerprint density at radius 1 is 1.16 bits per heavy atom. The van der Waals surface area contributed by atoms with Crippen molar-refractivity contribution in [2.75, 3.05) is 13.7 Å². The monoisotopic (exact) mass is 573 g/mol. The minimum Gasteiger partial charge on any atom is -0.493 e. The van der Waals surface area contributed by atoms with Crippen molar-refractivity contribution in [2.45, 2.75) is 13.0 Å². The van der Waals surface area contributed by atoms with E-state index in [1.807, 2.05) is 36.5 Å². The Kier molecular flexibility index (Phi) is 8.46. The summed E-state index contributed by atoms with van der Waals surface area (Å²) in [6.45, 7) is 0.569. The zero-order chi connectivity index (χ0) is 27.1. The number of ether oxygens (including phenoxy) is 2. The molecule has 8 nitrogen and oxygen atoms in total. The summed E-state index contributed by atoms with van der Waals surface area (Å²) in [4.78, 5) is 26.9. The van der Waals surface area contributed by atoms with Gasteiger partial charge < -0.3 is 24.9 Å². The van der Waals surface area contributed by atoms with E-state index < -0.39 is 11.9 Å². The molecule has 192 valence electrons. The molecular formula is C29H24BrN3O5. The topological polar surface area (TPSA) is 124 Å². The van der Waals surface area contributed by atoms with Gasteiger partial charge in [-0.1, -0.05) is 30.3 Å². The highest BCUT2D eigenvalue weighted by Crippen LogP contribution is 2.37. The van der Waals surface area contributed by atoms with Crippen molar-refractivity contribution in [2.24, 2.45) is 0 Å². The molecule has 1 amide bonds. The molecular weight excluding hydrogens is 550 g/mol. The van der Waals surface area contributed by atoms with Crippen LogP contribution in [0.2, 0.25) is 0 Å². The molecule has 0 atom stereocenters. The number of aromatic nitrogens is 1. The maximum absolute atomic E-state index is 12.7. The standard InChI is InChI=1S/C29H24BrN3O5/c1-37-26-14-19(13-24(30)27(26)38-17-18-6-8-20(9-7-18)29(35)36)12-22(15-31)28(34)32-11-10-21-16-33-25-5-3-2-4-23(21)25/h2-9,12-14,16,33H,10-11,17H2,1H3,(H,32,34)(H,35,36)/b22-12-. The second kappa shape index (κ2) is 12.1. The van der Waals surface area contributed by atoms with E-state index in [0.717, 1.165) is 22.0 Å². The molecule has 3 N–H and O–H groups in total. The molecule has 0 radical (unpaired) electrons. The van der Waals surface area contributed by atoms with E-state index in [9.17, 15) is 14.9 Å². The number of aromatic amines is 1. The van der Waals surface area contributed by atoms with E-state index in [0.29, 0.717) is 34.5 Å². The van der Waals surface area contributed by atoms with E-state index in [-0.39, 0.29) is 17.7 Å². The number of carbonyl (C=O) groups is 2. The SMILES string of the molecule is COc1cc(/C=C(/C#N)C(=O)NCCc2c[nH]c3ccccc23)cc(Br)c1OCc1ccc(C(=O)O)cc1. The van der Waals surface area contributed by atoms with Gasteiger partial charge in [-0.15, -0.1) is 0 Å². The molecule has 38 heavy (non-hydrogen) atoms. The number of nitriles is 1. The summed E-state index contributed by atoms with van der Waals surface area (Å²) < 4.78 is 12.0. The fourth-order valence-electron chi connectivity index (χ4n) is 3.92. The third-order valence-electron chi connectivity index (χ3n) is 5.87. The second-order valence-electron chi connectivity index (χ2n) is 8.36. The summed E-state index contributed by atoms with van der Waals surface area (Å²) in [6, 6.07) is 19.7. The van der Waals surface area contributed by atoms with E-state index >= 15 is 0 Å². The lowest BCUT2D eigenvalue weighted by molar-refractivity contribution is -0.117. The summed E-state index contributed by atoms with van der Waals surface area (Å²) in [5.74, 6) is -0.615. The summed E-state index contributed by atoms with van der Waals surface area (Å²) in [5, 5.41) is 22.6. The van der Waals surface area contributed by atoms with Gasteiger partial charge in [-0.05, 0) is 75.4 Å². The molecule has 0 aliphatic carbocycles. The Morgan fingerprint density at radius 2 is 1.92 bits per heavy atom. The predicted molar refractivity (Wildman–Crippen MR) is 147 cm³/mol. The first-order chi connectivity index (χ1) is 18.4. The first kappa shape index (κ1) is 26.5. The van der Waals surface area contributed by atoms with Gasteiger partial charge in [0.05, 0.1) is 17.1 Å². The van der Waals surface area contributed by atoms with Gasteiger partial charge in [0.2, 0.25) is 0 Å². The van der Waals surface area contributed by atoms with Crippen LogP contribution in [0.25, 0.3) is 17.0 Å². The van der Waals surface area contributed by atoms with E-state index in [1.54, 1.807) is 24.3 Å². The highest BCUT2D eigenvalue weighted by atomic mass is 79.9. The first-order valence-electron chi connectivity index (χ1n) is 11.7. The Hall–Kier alpha value is -4.55. The number of halogens is 1. The number of hydrogen-bond acceptors (Lipinski definition) is 5. The van der Waals surface area contributed by atoms with Crippen molar-refractivity contribution in [1.82, 2.24) is 10.3 Å². The van der Waals surface area contributed by atoms with Gasteiger partial charge in [0.25, 0.3) is 5.91 Å². The number of amides is 1. The molecule has 0 spiro atoms. The molecule has 1 aromatic heterocycles. The summed E-state index contributed by atoms with van der Waals surface area (Å²) >= 11 is 3.48. The number of nitrogens with one attached hydrogen (secondary N) is 2. The third-order valence-corrected chi connectivity index (χ3v) is 6.46. The molecule has 3 aromatic carbocycles. The maximum Gasteiger partial charge on any atom is 0.335 e. The fraction of sp³-hybridized carbons (Fsp3) is 0.138. The van der Waals surface area contributed by atoms with Crippen LogP contribution in [0.1, 0.15) is 27.0 Å². The number of hydrogen-bond donors (Lipinski definition) is 3. The van der Waals surface area contributed by atoms with Crippen molar-refractivity contribution in [3.8, 4) is 17.6 Å². The van der Waals surface area contributed by atoms with Gasteiger partial charge in [-0.2, -0.15) is 5.26 Å². The Balaban J connectivity index is 1.42. The zero-order valence-electron chi connectivity index (χ0n) is 20.5. The minimum atomic E-state index is -0.995. The van der Waals surface area contributed by atoms with Crippen LogP contribution in [0, 0.1) is 11.3 Å². The molecule has 9 heteroatoms. The first-order valence-corrected chi connectivity index (χ1v) is 12.5. The average molecular weight is 574 g/mol. The van der Waals surface area contributed by atoms with Crippen LogP contribution in [0.3, 0.4) is 0 Å². The van der Waals surface area contributed by atoms with Gasteiger partial charge in [0, 0.05) is 23.6 Å². The number of carboxylic acids is 1. The van der Waals surface area contributed by atoms with Gasteiger partial charge in [0.1, 0.15) is 18.2 Å². The zero-order valence-corrected chi connectivity index (χ0v) is 22.0. The highest BCUT2D eigenvalue weighted by Gasteiger charge is 2.15. The second-order valence-corrected chi connectivity index (χ2v) is 9.21. The van der Waals surface area contributed by atoms with E-state index in [4.69, 9.17) is 14.6 Å². The number of rotatable bonds is 10. The molecule has 0 unspecified atom stereocenters. The van der Waals surface area contributed by atoms with Crippen molar-refractivity contribution in [3.05, 3.63) is 99.2 Å². The normalized spacial score (nSPS) is 11.1.